The van der Waals surface area contributed by atoms with Crippen molar-refractivity contribution in [3.8, 4) is 0 Å². The molecule has 6 nitrogen and oxygen atoms in total. The lowest BCUT2D eigenvalue weighted by Gasteiger charge is -2.01. The van der Waals surface area contributed by atoms with Crippen LogP contribution in [0.15, 0.2) is 43.2 Å². The lowest BCUT2D eigenvalue weighted by atomic mass is 10.5. The topological polar surface area (TPSA) is 73.5 Å². The molecule has 0 N–H and O–H groups in total. The zero-order chi connectivity index (χ0) is 12.7. The summed E-state index contributed by atoms with van der Waals surface area (Å²) in [5.74, 6) is -1.10. The molecule has 0 aliphatic heterocycles. The number of nitrogens with zero attached hydrogens (tertiary/aromatic N) is 1. The van der Waals surface area contributed by atoms with Crippen LogP contribution in [0.25, 0.3) is 0 Å². The Labute approximate surface area is 99.2 Å². The van der Waals surface area contributed by atoms with Crippen LogP contribution in [0.1, 0.15) is 0 Å². The standard InChI is InChI=1S/C10H12NO5S/c1-2-10(12)15-8-9-17(13,14)16-11-6-4-3-5-7-11/h2-7H,1,8-9H2/q+1. The van der Waals surface area contributed by atoms with Gasteiger partial charge in [-0.2, -0.15) is 8.42 Å². The number of ether oxygens (including phenoxy) is 1. The van der Waals surface area contributed by atoms with Crippen molar-refractivity contribution < 1.29 is 27.0 Å². The van der Waals surface area contributed by atoms with Gasteiger partial charge >= 0.3 is 16.1 Å². The average Bonchev–Trinajstić information content (AvgIpc) is 2.29. The molecule has 0 aliphatic carbocycles. The van der Waals surface area contributed by atoms with Crippen molar-refractivity contribution in [3.05, 3.63) is 43.2 Å². The fourth-order valence-corrected chi connectivity index (χ4v) is 1.63. The van der Waals surface area contributed by atoms with E-state index >= 15 is 0 Å². The molecule has 1 rings (SSSR count). The van der Waals surface area contributed by atoms with Crippen molar-refractivity contribution in [1.82, 2.24) is 0 Å². The fraction of sp³-hybridized carbons (Fsp3) is 0.200. The summed E-state index contributed by atoms with van der Waals surface area (Å²) in [5.41, 5.74) is 0. The number of esters is 1. The molecule has 0 amide bonds. The Hall–Kier alpha value is -1.89. The minimum absolute atomic E-state index is 0.277. The van der Waals surface area contributed by atoms with Crippen molar-refractivity contribution in [2.75, 3.05) is 12.4 Å². The number of pyridine rings is 1. The van der Waals surface area contributed by atoms with Crippen molar-refractivity contribution in [3.63, 3.8) is 0 Å². The third-order valence-electron chi connectivity index (χ3n) is 1.63. The van der Waals surface area contributed by atoms with E-state index in [2.05, 4.69) is 15.6 Å². The summed E-state index contributed by atoms with van der Waals surface area (Å²) in [7, 11) is -3.79. The molecule has 7 heteroatoms. The van der Waals surface area contributed by atoms with Gasteiger partial charge in [-0.15, -0.1) is 4.28 Å². The molecule has 17 heavy (non-hydrogen) atoms. The van der Waals surface area contributed by atoms with Crippen molar-refractivity contribution in [1.29, 1.82) is 0 Å². The first-order valence-electron chi connectivity index (χ1n) is 4.71. The van der Waals surface area contributed by atoms with Crippen LogP contribution in [0.4, 0.5) is 0 Å². The van der Waals surface area contributed by atoms with Gasteiger partial charge in [-0.05, 0) is 0 Å². The van der Waals surface area contributed by atoms with E-state index in [1.807, 2.05) is 0 Å². The summed E-state index contributed by atoms with van der Waals surface area (Å²) >= 11 is 0. The van der Waals surface area contributed by atoms with Crippen molar-refractivity contribution in [2.24, 2.45) is 0 Å². The van der Waals surface area contributed by atoms with Gasteiger partial charge in [-0.25, -0.2) is 4.79 Å². The highest BCUT2D eigenvalue weighted by molar-refractivity contribution is 7.86. The minimum atomic E-state index is -3.79. The summed E-state index contributed by atoms with van der Waals surface area (Å²) < 4.78 is 33.1. The number of carbonyl (C=O) groups excluding carboxylic acids is 1. The normalized spacial score (nSPS) is 10.6. The molecule has 0 fully saturated rings. The monoisotopic (exact) mass is 258 g/mol. The van der Waals surface area contributed by atoms with Crippen molar-refractivity contribution in [2.45, 2.75) is 0 Å². The number of carbonyl (C=O) groups is 1. The van der Waals surface area contributed by atoms with Crippen LogP contribution < -0.4 is 9.01 Å². The molecule has 0 aromatic carbocycles. The second-order valence-corrected chi connectivity index (χ2v) is 4.62. The summed E-state index contributed by atoms with van der Waals surface area (Å²) in [6, 6.07) is 4.96. The molecular weight excluding hydrogens is 246 g/mol. The van der Waals surface area contributed by atoms with Crippen LogP contribution >= 0.6 is 0 Å². The minimum Gasteiger partial charge on any atom is -0.461 e. The highest BCUT2D eigenvalue weighted by Crippen LogP contribution is 1.88. The quantitative estimate of drug-likeness (QED) is 0.389. The Kier molecular flexibility index (Phi) is 4.65. The molecule has 0 saturated carbocycles. The van der Waals surface area contributed by atoms with E-state index in [4.69, 9.17) is 0 Å². The zero-order valence-corrected chi connectivity index (χ0v) is 9.80. The Balaban J connectivity index is 2.47. The van der Waals surface area contributed by atoms with Gasteiger partial charge in [0.15, 0.2) is 0 Å². The van der Waals surface area contributed by atoms with Crippen LogP contribution in [0.3, 0.4) is 0 Å². The van der Waals surface area contributed by atoms with Gasteiger partial charge in [0.1, 0.15) is 12.4 Å². The molecule has 1 heterocycles. The van der Waals surface area contributed by atoms with Gasteiger partial charge in [-0.1, -0.05) is 12.6 Å². The predicted molar refractivity (Wildman–Crippen MR) is 58.2 cm³/mol. The predicted octanol–water partition coefficient (Wildman–Crippen LogP) is -0.538. The molecule has 0 unspecified atom stereocenters. The van der Waals surface area contributed by atoms with Gasteiger partial charge in [0.05, 0.1) is 0 Å². The van der Waals surface area contributed by atoms with E-state index in [-0.39, 0.29) is 6.61 Å². The summed E-state index contributed by atoms with van der Waals surface area (Å²) in [5, 5.41) is 0. The Morgan fingerprint density at radius 2 is 1.94 bits per heavy atom. The summed E-state index contributed by atoms with van der Waals surface area (Å²) in [6.45, 7) is 2.91. The largest absolute Gasteiger partial charge is 0.461 e. The maximum absolute atomic E-state index is 11.4. The van der Waals surface area contributed by atoms with Gasteiger partial charge < -0.3 is 4.74 Å². The Bertz CT molecular complexity index is 483. The molecule has 0 saturated heterocycles. The van der Waals surface area contributed by atoms with E-state index in [9.17, 15) is 13.2 Å². The molecule has 0 spiro atoms. The average molecular weight is 258 g/mol. The van der Waals surface area contributed by atoms with E-state index in [1.54, 1.807) is 18.2 Å². The van der Waals surface area contributed by atoms with E-state index in [0.29, 0.717) is 0 Å². The van der Waals surface area contributed by atoms with Crippen molar-refractivity contribution >= 4 is 16.1 Å². The van der Waals surface area contributed by atoms with Gasteiger partial charge in [0.25, 0.3) is 0 Å². The SMILES string of the molecule is C=CC(=O)OCCS(=O)(=O)O[n+]1ccccc1. The molecule has 1 aromatic rings. The maximum Gasteiger partial charge on any atom is 0.370 e. The third kappa shape index (κ3) is 5.12. The Morgan fingerprint density at radius 3 is 2.53 bits per heavy atom. The molecule has 1 aromatic heterocycles. The molecule has 0 bridgehead atoms. The maximum atomic E-state index is 11.4. The number of aromatic nitrogens is 1. The molecular formula is C10H12NO5S+. The Morgan fingerprint density at radius 1 is 1.29 bits per heavy atom. The highest BCUT2D eigenvalue weighted by atomic mass is 32.2. The first-order valence-corrected chi connectivity index (χ1v) is 6.29. The van der Waals surface area contributed by atoms with E-state index < -0.39 is 21.8 Å². The number of hydrogen-bond acceptors (Lipinski definition) is 5. The van der Waals surface area contributed by atoms with Gasteiger partial charge in [0.2, 0.25) is 12.4 Å². The highest BCUT2D eigenvalue weighted by Gasteiger charge is 2.18. The molecule has 92 valence electrons. The molecule has 0 atom stereocenters. The van der Waals surface area contributed by atoms with Gasteiger partial charge in [0, 0.05) is 22.9 Å². The molecule has 0 radical (unpaired) electrons. The van der Waals surface area contributed by atoms with E-state index in [0.717, 1.165) is 10.8 Å². The smallest absolute Gasteiger partial charge is 0.370 e. The first kappa shape index (κ1) is 13.2. The van der Waals surface area contributed by atoms with Crippen LogP contribution in [0.2, 0.25) is 0 Å². The van der Waals surface area contributed by atoms with Crippen LogP contribution in [0, 0.1) is 0 Å². The second-order valence-electron chi connectivity index (χ2n) is 2.94. The zero-order valence-electron chi connectivity index (χ0n) is 8.98. The van der Waals surface area contributed by atoms with Crippen LogP contribution in [-0.2, 0) is 19.6 Å². The van der Waals surface area contributed by atoms with E-state index in [1.165, 1.54) is 12.4 Å². The summed E-state index contributed by atoms with van der Waals surface area (Å²) in [6.07, 6.45) is 3.83. The lowest BCUT2D eigenvalue weighted by Crippen LogP contribution is -2.46. The number of rotatable bonds is 6. The van der Waals surface area contributed by atoms with Gasteiger partial charge in [-0.3, -0.25) is 0 Å². The van der Waals surface area contributed by atoms with Crippen LogP contribution in [-0.4, -0.2) is 26.7 Å². The van der Waals surface area contributed by atoms with Crippen LogP contribution in [0.5, 0.6) is 0 Å². The molecule has 0 aliphatic rings. The first-order chi connectivity index (χ1) is 8.03. The number of hydrogen-bond donors (Lipinski definition) is 0. The fourth-order valence-electron chi connectivity index (χ4n) is 0.904. The third-order valence-corrected chi connectivity index (χ3v) is 2.70. The summed E-state index contributed by atoms with van der Waals surface area (Å²) in [4.78, 5) is 10.7. The lowest BCUT2D eigenvalue weighted by molar-refractivity contribution is -0.856. The second kappa shape index (κ2) is 6.00.